The topological polar surface area (TPSA) is 725 Å². The number of carboxylic acid groups (broad SMARTS) is 6. The number of unbranched alkanes of at least 4 members (excludes halogenated alkanes) is 2. The first-order valence-electron chi connectivity index (χ1n) is 41.9. The molecule has 3 aromatic rings. The summed E-state index contributed by atoms with van der Waals surface area (Å²) in [5, 5.41) is 90.8. The van der Waals surface area contributed by atoms with Crippen LogP contribution in [-0.2, 0) is 104 Å². The van der Waals surface area contributed by atoms with Crippen LogP contribution in [0.1, 0.15) is 149 Å². The van der Waals surface area contributed by atoms with Crippen molar-refractivity contribution in [1.82, 2.24) is 98.8 Å². The highest BCUT2D eigenvalue weighted by atomic mass is 32.2. The number of fused-ring (bicyclic) bond motifs is 1. The van der Waals surface area contributed by atoms with E-state index in [4.69, 9.17) is 16.6 Å². The Morgan fingerprint density at radius 2 is 0.992 bits per heavy atom. The Morgan fingerprint density at radius 3 is 1.56 bits per heavy atom. The zero-order valence-corrected chi connectivity index (χ0v) is 73.3. The number of rotatable bonds is 60. The first-order valence-corrected chi connectivity index (χ1v) is 43.3. The SMILES string of the molecule is CSCC[C@H](NC(=O)[C@H](CC(C)C)NC(=O)[C@H](Cc1cnc[nH]1)NC(=O)CNC(=O)[C@@H](NC(=O)[C@H](C)NC(=O)[C@H](Cc1c[nH]c2ccccc12)NC(=O)[C@H](CCC(N)=O)NC(=O)CCCCNC(=O)C(CCCCNC(=O)CCC(C(=O)O)N1CCN(CC(=O)O)CCN(CC(=O)O)CC1)NC(=O)CCC(NC(=O)NC(CCC(=O)O)C(=O)O)C(=O)O)C(C)C)C(N)=O. The molecule has 1 aliphatic heterocycles. The van der Waals surface area contributed by atoms with Gasteiger partial charge in [-0.25, -0.2) is 19.4 Å². The zero-order valence-electron chi connectivity index (χ0n) is 72.5. The Kier molecular flexibility index (Phi) is 47.5. The predicted molar refractivity (Wildman–Crippen MR) is 458 cm³/mol. The molecule has 3 heterocycles. The van der Waals surface area contributed by atoms with Gasteiger partial charge in [-0.3, -0.25) is 96.2 Å². The normalized spacial score (nSPS) is 15.2. The van der Waals surface area contributed by atoms with E-state index in [1.165, 1.54) is 31.2 Å². The van der Waals surface area contributed by atoms with E-state index in [0.29, 0.717) is 27.9 Å². The molecule has 0 radical (unpaired) electrons. The van der Waals surface area contributed by atoms with Gasteiger partial charge in [0.25, 0.3) is 0 Å². The number of amides is 15. The first kappa shape index (κ1) is 108. The number of nitrogens with zero attached hydrogens (tertiary/aromatic N) is 4. The minimum absolute atomic E-state index is 0.0180. The summed E-state index contributed by atoms with van der Waals surface area (Å²) in [6.07, 6.45) is 2.33. The molecule has 48 heteroatoms. The van der Waals surface area contributed by atoms with E-state index in [0.717, 1.165) is 0 Å². The molecule has 0 aliphatic carbocycles. The van der Waals surface area contributed by atoms with Gasteiger partial charge in [-0.2, -0.15) is 11.8 Å². The fourth-order valence-electron chi connectivity index (χ4n) is 13.5. The van der Waals surface area contributed by atoms with Crippen LogP contribution in [0.4, 0.5) is 4.79 Å². The summed E-state index contributed by atoms with van der Waals surface area (Å²) in [5.41, 5.74) is 12.7. The Labute approximate surface area is 741 Å². The molecular weight excluding hydrogens is 1700 g/mol. The fraction of sp³-hybridized carbons (Fsp3) is 0.613. The van der Waals surface area contributed by atoms with E-state index in [1.807, 2.05) is 30.7 Å². The lowest BCUT2D eigenvalue weighted by molar-refractivity contribution is -0.145. The summed E-state index contributed by atoms with van der Waals surface area (Å²) >= 11 is 1.43. The Balaban J connectivity index is 1.45. The summed E-state index contributed by atoms with van der Waals surface area (Å²) in [7, 11) is 0. The highest BCUT2D eigenvalue weighted by Gasteiger charge is 2.37. The number of hydrogen-bond donors (Lipinski definition) is 23. The molecule has 1 fully saturated rings. The van der Waals surface area contributed by atoms with Crippen molar-refractivity contribution >= 4 is 141 Å². The molecule has 1 aliphatic rings. The lowest BCUT2D eigenvalue weighted by atomic mass is 10.0. The highest BCUT2D eigenvalue weighted by molar-refractivity contribution is 7.98. The number of nitrogens with one attached hydrogen (secondary N) is 15. The summed E-state index contributed by atoms with van der Waals surface area (Å²) < 4.78 is 0. The van der Waals surface area contributed by atoms with Crippen LogP contribution in [0.15, 0.2) is 43.0 Å². The van der Waals surface area contributed by atoms with Crippen LogP contribution < -0.4 is 80.6 Å². The average Bonchev–Trinajstić information content (AvgIpc) is 1.66. The number of hydrogen-bond acceptors (Lipinski definition) is 25. The van der Waals surface area contributed by atoms with Crippen LogP contribution in [0.3, 0.4) is 0 Å². The van der Waals surface area contributed by atoms with Gasteiger partial charge in [0.05, 0.1) is 26.0 Å². The maximum Gasteiger partial charge on any atom is 0.326 e. The Bertz CT molecular complexity index is 4260. The molecule has 1 saturated heterocycles. The van der Waals surface area contributed by atoms with Crippen LogP contribution in [0.5, 0.6) is 0 Å². The number of carboxylic acids is 6. The first-order chi connectivity index (χ1) is 60.5. The molecule has 128 heavy (non-hydrogen) atoms. The predicted octanol–water partition coefficient (Wildman–Crippen LogP) is -4.36. The van der Waals surface area contributed by atoms with Gasteiger partial charge in [0, 0.05) is 126 Å². The molecule has 1 aromatic carbocycles. The molecule has 0 bridgehead atoms. The van der Waals surface area contributed by atoms with E-state index in [-0.39, 0.29) is 155 Å². The van der Waals surface area contributed by atoms with Crippen molar-refractivity contribution < 1.29 is 127 Å². The van der Waals surface area contributed by atoms with Crippen LogP contribution in [-0.4, -0.2) is 329 Å². The molecule has 15 amide bonds. The number of carbonyl (C=O) groups excluding carboxylic acids is 14. The van der Waals surface area contributed by atoms with E-state index in [1.54, 1.807) is 59.0 Å². The molecule has 4 unspecified atom stereocenters. The van der Waals surface area contributed by atoms with Crippen LogP contribution in [0.25, 0.3) is 10.9 Å². The lowest BCUT2D eigenvalue weighted by Gasteiger charge is -2.30. The number of aliphatic carboxylic acids is 6. The molecule has 0 spiro atoms. The number of H-pyrrole nitrogens is 2. The Hall–Kier alpha value is -12.6. The number of para-hydroxylation sites is 1. The average molecular weight is 1830 g/mol. The largest absolute Gasteiger partial charge is 0.481 e. The molecule has 0 saturated carbocycles. The lowest BCUT2D eigenvalue weighted by Crippen LogP contribution is -2.59. The van der Waals surface area contributed by atoms with Gasteiger partial charge in [-0.05, 0) is 113 Å². The molecule has 47 nitrogen and oxygen atoms in total. The van der Waals surface area contributed by atoms with Crippen molar-refractivity contribution in [1.29, 1.82) is 0 Å². The van der Waals surface area contributed by atoms with Gasteiger partial charge in [-0.15, -0.1) is 0 Å². The number of urea groups is 1. The van der Waals surface area contributed by atoms with Crippen molar-refractivity contribution in [2.24, 2.45) is 23.3 Å². The van der Waals surface area contributed by atoms with Crippen molar-refractivity contribution in [3.8, 4) is 0 Å². The summed E-state index contributed by atoms with van der Waals surface area (Å²) in [5.74, 6) is -19.1. The molecule has 4 rings (SSSR count). The molecule has 2 aromatic heterocycles. The number of carbonyl (C=O) groups is 20. The Morgan fingerprint density at radius 1 is 0.461 bits per heavy atom. The van der Waals surface area contributed by atoms with Crippen molar-refractivity contribution in [3.63, 3.8) is 0 Å². The third-order valence-electron chi connectivity index (χ3n) is 20.5. The van der Waals surface area contributed by atoms with E-state index < -0.39 is 230 Å². The van der Waals surface area contributed by atoms with Gasteiger partial charge in [0.2, 0.25) is 76.8 Å². The second-order valence-electron chi connectivity index (χ2n) is 31.6. The van der Waals surface area contributed by atoms with Crippen molar-refractivity contribution in [2.75, 3.05) is 84.0 Å². The third kappa shape index (κ3) is 41.2. The minimum Gasteiger partial charge on any atom is -0.481 e. The van der Waals surface area contributed by atoms with Crippen LogP contribution in [0, 0.1) is 11.8 Å². The van der Waals surface area contributed by atoms with Crippen LogP contribution >= 0.6 is 11.8 Å². The van der Waals surface area contributed by atoms with Gasteiger partial charge < -0.3 is 121 Å². The van der Waals surface area contributed by atoms with Crippen molar-refractivity contribution in [3.05, 3.63) is 54.2 Å². The maximum absolute atomic E-state index is 14.5. The second kappa shape index (κ2) is 56.5. The zero-order chi connectivity index (χ0) is 95.3. The fourth-order valence-corrected chi connectivity index (χ4v) is 14.0. The monoisotopic (exact) mass is 1830 g/mol. The van der Waals surface area contributed by atoms with Gasteiger partial charge in [0.15, 0.2) is 0 Å². The molecule has 25 N–H and O–H groups in total. The van der Waals surface area contributed by atoms with E-state index in [9.17, 15) is 121 Å². The summed E-state index contributed by atoms with van der Waals surface area (Å²) in [4.78, 5) is 275. The quantitative estimate of drug-likeness (QED) is 0.0238. The third-order valence-corrected chi connectivity index (χ3v) is 21.1. The van der Waals surface area contributed by atoms with Gasteiger partial charge in [-0.1, -0.05) is 45.9 Å². The number of aromatic amines is 2. The number of nitrogens with two attached hydrogens (primary N) is 2. The standard InChI is InChI=1S/C80H123N21O26S/c1-44(2)35-56(74(118)93-51(69(82)113)25-34-128-6)94-75(119)58(37-48-39-83-43-88-48)92-64(106)40-87-76(120)68(45(3)4)98-70(114)46(5)89-73(117)57(36-47-38-86-50-14-8-7-13-49(47)50)95-72(116)53(17-21-60(81)102)91-62(104)16-10-12-27-85-71(115)52(90-63(105)22-18-54(77(121)122)96-80(127)97-55(78(123)124)19-24-65(107)108)15-9-11-26-84-61(103)23-20-59(79(125)126)101-32-30-99(41-66(109)110)28-29-100(31-33-101)42-67(111)112/h7-8,13-14,38-39,43-46,51-59,68,86H,9-12,15-37,40-42H2,1-6H3,(H2,81,102)(H2,82,113)(H,83,88)(H,84,103)(H,85,115)(H,87,120)(H,89,117)(H,90,105)(H,91,104)(H,92,106)(H,93,118)(H,94,119)(H,95,116)(H,98,114)(H,107,108)(H,109,110)(H,111,112)(H,121,122)(H,123,124)(H,125,126)(H2,96,97,127)/t46-,51-,52?,53-,54?,55?,56-,57-,58-,59?,68-/m0/s1. The maximum atomic E-state index is 14.5. The summed E-state index contributed by atoms with van der Waals surface area (Å²) in [6.45, 7) is 7.28. The van der Waals surface area contributed by atoms with Crippen molar-refractivity contribution in [2.45, 2.75) is 217 Å². The molecule has 710 valence electrons. The summed E-state index contributed by atoms with van der Waals surface area (Å²) in [6, 6.07) is -9.84. The van der Waals surface area contributed by atoms with Gasteiger partial charge >= 0.3 is 41.8 Å². The van der Waals surface area contributed by atoms with Crippen LogP contribution in [0.2, 0.25) is 0 Å². The van der Waals surface area contributed by atoms with Gasteiger partial charge in [0.1, 0.15) is 66.5 Å². The highest BCUT2D eigenvalue weighted by Crippen LogP contribution is 2.21. The molecule has 11 atom stereocenters. The van der Waals surface area contributed by atoms with E-state index in [2.05, 4.69) is 73.4 Å². The number of primary amides is 2. The molecular formula is C80H123N21O26S. The number of thioether (sulfide) groups is 1. The van der Waals surface area contributed by atoms with E-state index >= 15 is 0 Å². The number of benzene rings is 1. The second-order valence-corrected chi connectivity index (χ2v) is 32.6. The minimum atomic E-state index is -1.82. The number of aromatic nitrogens is 3. The number of imidazole rings is 1. The smallest absolute Gasteiger partial charge is 0.326 e.